The van der Waals surface area contributed by atoms with Crippen molar-refractivity contribution in [3.63, 3.8) is 0 Å². The summed E-state index contributed by atoms with van der Waals surface area (Å²) in [6.07, 6.45) is 3.56. The van der Waals surface area contributed by atoms with Gasteiger partial charge >= 0.3 is 5.97 Å². The Kier molecular flexibility index (Phi) is 5.39. The quantitative estimate of drug-likeness (QED) is 0.771. The van der Waals surface area contributed by atoms with E-state index >= 15 is 0 Å². The van der Waals surface area contributed by atoms with E-state index in [9.17, 15) is 4.79 Å². The van der Waals surface area contributed by atoms with Crippen LogP contribution in [0.2, 0.25) is 0 Å². The Labute approximate surface area is 146 Å². The van der Waals surface area contributed by atoms with Crippen molar-refractivity contribution in [3.05, 3.63) is 11.1 Å². The smallest absolute Gasteiger partial charge is 0.329 e. The van der Waals surface area contributed by atoms with Crippen LogP contribution in [0.4, 0.5) is 5.13 Å². The molecule has 0 spiro atoms. The lowest BCUT2D eigenvalue weighted by molar-refractivity contribution is -0.148. The monoisotopic (exact) mass is 355 g/mol. The van der Waals surface area contributed by atoms with Crippen molar-refractivity contribution in [2.75, 3.05) is 32.6 Å². The topological polar surface area (TPSA) is 83.9 Å². The maximum Gasteiger partial charge on any atom is 0.329 e. The Balaban J connectivity index is 1.68. The number of aromatic nitrogens is 1. The Hall–Kier alpha value is -1.22. The summed E-state index contributed by atoms with van der Waals surface area (Å²) in [7, 11) is 3.66. The van der Waals surface area contributed by atoms with Gasteiger partial charge in [-0.25, -0.2) is 9.78 Å². The third-order valence-electron chi connectivity index (χ3n) is 5.23. The number of hydrogen-bond acceptors (Lipinski definition) is 7. The Morgan fingerprint density at radius 2 is 2.42 bits per heavy atom. The van der Waals surface area contributed by atoms with Gasteiger partial charge in [0.2, 0.25) is 0 Å². The largest absolute Gasteiger partial charge is 0.480 e. The summed E-state index contributed by atoms with van der Waals surface area (Å²) in [6.45, 7) is 1.53. The number of nitrogens with one attached hydrogen (secondary N) is 1. The fourth-order valence-electron chi connectivity index (χ4n) is 3.99. The number of rotatable bonds is 7. The molecular formula is C16H25N3O4S. The normalized spacial score (nSPS) is 30.2. The molecule has 8 heteroatoms. The van der Waals surface area contributed by atoms with Gasteiger partial charge in [-0.15, -0.1) is 11.3 Å². The molecule has 3 atom stereocenters. The Bertz CT molecular complexity index is 581. The molecule has 1 aromatic rings. The first-order valence-corrected chi connectivity index (χ1v) is 9.19. The molecule has 1 aliphatic heterocycles. The van der Waals surface area contributed by atoms with Crippen molar-refractivity contribution in [2.24, 2.45) is 0 Å². The third kappa shape index (κ3) is 3.56. The van der Waals surface area contributed by atoms with Crippen LogP contribution in [0.25, 0.3) is 0 Å². The number of fused-ring (bicyclic) bond motifs is 1. The SMILES string of the molecule is CNc1nc(CN2CC[C@@]3(OC)CC[C@H](OCC(=O)O)C[C@@H]23)cs1. The maximum absolute atomic E-state index is 10.8. The van der Waals surface area contributed by atoms with Gasteiger partial charge in [-0.1, -0.05) is 0 Å². The van der Waals surface area contributed by atoms with Crippen LogP contribution in [0.5, 0.6) is 0 Å². The molecule has 0 bridgehead atoms. The van der Waals surface area contributed by atoms with Crippen LogP contribution in [0.1, 0.15) is 31.4 Å². The van der Waals surface area contributed by atoms with Crippen molar-refractivity contribution < 1.29 is 19.4 Å². The highest BCUT2D eigenvalue weighted by molar-refractivity contribution is 7.13. The molecular weight excluding hydrogens is 330 g/mol. The minimum atomic E-state index is -0.913. The molecule has 2 heterocycles. The van der Waals surface area contributed by atoms with E-state index < -0.39 is 5.97 Å². The molecule has 134 valence electrons. The molecule has 0 unspecified atom stereocenters. The van der Waals surface area contributed by atoms with E-state index in [1.54, 1.807) is 18.4 Å². The average molecular weight is 355 g/mol. The van der Waals surface area contributed by atoms with Crippen LogP contribution in [-0.4, -0.2) is 66.0 Å². The summed E-state index contributed by atoms with van der Waals surface area (Å²) >= 11 is 1.61. The van der Waals surface area contributed by atoms with E-state index in [2.05, 4.69) is 20.6 Å². The lowest BCUT2D eigenvalue weighted by Crippen LogP contribution is -2.51. The summed E-state index contributed by atoms with van der Waals surface area (Å²) in [4.78, 5) is 17.7. The van der Waals surface area contributed by atoms with E-state index in [1.165, 1.54) is 0 Å². The van der Waals surface area contributed by atoms with Gasteiger partial charge in [-0.3, -0.25) is 4.90 Å². The van der Waals surface area contributed by atoms with Crippen molar-refractivity contribution in [1.29, 1.82) is 0 Å². The number of likely N-dealkylation sites (tertiary alicyclic amines) is 1. The molecule has 1 saturated heterocycles. The predicted molar refractivity (Wildman–Crippen MR) is 91.4 cm³/mol. The van der Waals surface area contributed by atoms with Gasteiger partial charge in [0.05, 0.1) is 17.4 Å². The summed E-state index contributed by atoms with van der Waals surface area (Å²) < 4.78 is 11.5. The summed E-state index contributed by atoms with van der Waals surface area (Å²) in [5, 5.41) is 14.9. The summed E-state index contributed by atoms with van der Waals surface area (Å²) in [5.74, 6) is -0.913. The molecule has 1 aromatic heterocycles. The number of carbonyl (C=O) groups is 1. The molecule has 0 amide bonds. The molecule has 3 rings (SSSR count). The fourth-order valence-corrected chi connectivity index (χ4v) is 4.65. The minimum absolute atomic E-state index is 0.0155. The standard InChI is InChI=1S/C16H25N3O4S/c1-17-15-18-11(10-24-15)8-19-6-5-16(22-2)4-3-12(7-13(16)19)23-9-14(20)21/h10,12-13H,3-9H2,1-2H3,(H,17,18)(H,20,21)/t12-,13+,16-/m0/s1. The molecule has 1 saturated carbocycles. The molecule has 0 radical (unpaired) electrons. The van der Waals surface area contributed by atoms with E-state index in [1.807, 2.05) is 7.05 Å². The number of ether oxygens (including phenoxy) is 2. The zero-order chi connectivity index (χ0) is 17.2. The van der Waals surface area contributed by atoms with Gasteiger partial charge in [-0.2, -0.15) is 0 Å². The van der Waals surface area contributed by atoms with Crippen LogP contribution in [0.3, 0.4) is 0 Å². The maximum atomic E-state index is 10.8. The second-order valence-electron chi connectivity index (χ2n) is 6.50. The van der Waals surface area contributed by atoms with E-state index in [-0.39, 0.29) is 24.4 Å². The van der Waals surface area contributed by atoms with Crippen LogP contribution in [0.15, 0.2) is 5.38 Å². The molecule has 2 aliphatic rings. The molecule has 24 heavy (non-hydrogen) atoms. The number of hydrogen-bond donors (Lipinski definition) is 2. The lowest BCUT2D eigenvalue weighted by Gasteiger charge is -2.43. The average Bonchev–Trinajstić information content (AvgIpc) is 3.18. The van der Waals surface area contributed by atoms with Crippen LogP contribution in [-0.2, 0) is 20.8 Å². The van der Waals surface area contributed by atoms with Gasteiger partial charge in [0, 0.05) is 38.7 Å². The van der Waals surface area contributed by atoms with Crippen LogP contribution < -0.4 is 5.32 Å². The first-order valence-electron chi connectivity index (χ1n) is 8.31. The third-order valence-corrected chi connectivity index (χ3v) is 6.13. The van der Waals surface area contributed by atoms with Gasteiger partial charge in [0.25, 0.3) is 0 Å². The highest BCUT2D eigenvalue weighted by Crippen LogP contribution is 2.43. The number of aliphatic carboxylic acids is 1. The predicted octanol–water partition coefficient (Wildman–Crippen LogP) is 1.80. The van der Waals surface area contributed by atoms with Crippen molar-refractivity contribution in [1.82, 2.24) is 9.88 Å². The summed E-state index contributed by atoms with van der Waals surface area (Å²) in [6, 6.07) is 0.245. The minimum Gasteiger partial charge on any atom is -0.480 e. The molecule has 2 fully saturated rings. The molecule has 0 aromatic carbocycles. The van der Waals surface area contributed by atoms with Gasteiger partial charge in [-0.05, 0) is 25.7 Å². The van der Waals surface area contributed by atoms with Crippen LogP contribution in [0, 0.1) is 0 Å². The second kappa shape index (κ2) is 7.35. The highest BCUT2D eigenvalue weighted by Gasteiger charge is 2.51. The number of thiazole rings is 1. The molecule has 1 aliphatic carbocycles. The van der Waals surface area contributed by atoms with Gasteiger partial charge in [0.1, 0.15) is 6.61 Å². The zero-order valence-corrected chi connectivity index (χ0v) is 15.0. The fraction of sp³-hybridized carbons (Fsp3) is 0.750. The number of anilines is 1. The number of methoxy groups -OCH3 is 1. The lowest BCUT2D eigenvalue weighted by atomic mass is 9.79. The first kappa shape index (κ1) is 17.6. The van der Waals surface area contributed by atoms with E-state index in [4.69, 9.17) is 14.6 Å². The molecule has 2 N–H and O–H groups in total. The van der Waals surface area contributed by atoms with Gasteiger partial charge < -0.3 is 19.9 Å². The van der Waals surface area contributed by atoms with Crippen LogP contribution >= 0.6 is 11.3 Å². The van der Waals surface area contributed by atoms with Crippen molar-refractivity contribution in [3.8, 4) is 0 Å². The number of carboxylic acids is 1. The van der Waals surface area contributed by atoms with Gasteiger partial charge in [0.15, 0.2) is 5.13 Å². The number of nitrogens with zero attached hydrogens (tertiary/aromatic N) is 2. The number of carboxylic acid groups (broad SMARTS) is 1. The van der Waals surface area contributed by atoms with E-state index in [0.717, 1.165) is 49.6 Å². The van der Waals surface area contributed by atoms with Crippen molar-refractivity contribution in [2.45, 2.75) is 50.0 Å². The second-order valence-corrected chi connectivity index (χ2v) is 7.36. The van der Waals surface area contributed by atoms with E-state index in [0.29, 0.717) is 0 Å². The Morgan fingerprint density at radius 3 is 3.08 bits per heavy atom. The zero-order valence-electron chi connectivity index (χ0n) is 14.2. The Morgan fingerprint density at radius 1 is 1.58 bits per heavy atom. The summed E-state index contributed by atoms with van der Waals surface area (Å²) in [5.41, 5.74) is 0.926. The first-order chi connectivity index (χ1) is 11.6. The highest BCUT2D eigenvalue weighted by atomic mass is 32.1. The molecule has 7 nitrogen and oxygen atoms in total. The van der Waals surface area contributed by atoms with Crippen molar-refractivity contribution >= 4 is 22.4 Å².